The average Bonchev–Trinajstić information content (AvgIpc) is 4.09. The maximum absolute atomic E-state index is 13.6. The van der Waals surface area contributed by atoms with Gasteiger partial charge in [0.15, 0.2) is 0 Å². The van der Waals surface area contributed by atoms with Crippen LogP contribution in [0.3, 0.4) is 0 Å². The molecule has 0 fully saturated rings. The number of hydrogen-bond donors (Lipinski definition) is 7. The highest BCUT2D eigenvalue weighted by atomic mass is 32.2. The summed E-state index contributed by atoms with van der Waals surface area (Å²) in [5.41, 5.74) is 14.0. The van der Waals surface area contributed by atoms with E-state index in [1.807, 2.05) is 57.2 Å². The highest BCUT2D eigenvalue weighted by molar-refractivity contribution is 7.90. The van der Waals surface area contributed by atoms with Crippen molar-refractivity contribution >= 4 is 62.8 Å². The van der Waals surface area contributed by atoms with Gasteiger partial charge >= 0.3 is 12.1 Å². The van der Waals surface area contributed by atoms with Crippen LogP contribution in [0.4, 0.5) is 21.9 Å². The lowest BCUT2D eigenvalue weighted by atomic mass is 9.88. The zero-order valence-electron chi connectivity index (χ0n) is 42.4. The number of hydrogen-bond acceptors (Lipinski definition) is 10. The Morgan fingerprint density at radius 1 is 0.784 bits per heavy atom. The van der Waals surface area contributed by atoms with Crippen molar-refractivity contribution < 1.29 is 47.0 Å². The highest BCUT2D eigenvalue weighted by Gasteiger charge is 2.34. The van der Waals surface area contributed by atoms with Gasteiger partial charge in [0.2, 0.25) is 5.96 Å². The van der Waals surface area contributed by atoms with Gasteiger partial charge in [0.1, 0.15) is 41.1 Å². The van der Waals surface area contributed by atoms with Gasteiger partial charge in [-0.1, -0.05) is 48.5 Å². The van der Waals surface area contributed by atoms with Crippen LogP contribution in [0.1, 0.15) is 104 Å². The molecule has 0 radical (unpaired) electrons. The number of amides is 4. The minimum Gasteiger partial charge on any atom is -0.487 e. The molecular formula is C53H60N10O10S. The normalized spacial score (nSPS) is 14.2. The van der Waals surface area contributed by atoms with E-state index in [1.165, 1.54) is 33.5 Å². The zero-order chi connectivity index (χ0) is 53.4. The minimum absolute atomic E-state index is 0.0424. The van der Waals surface area contributed by atoms with Crippen LogP contribution in [-0.2, 0) is 47.1 Å². The Hall–Kier alpha value is -8.33. The first-order valence-electron chi connectivity index (χ1n) is 23.9. The van der Waals surface area contributed by atoms with E-state index in [-0.39, 0.29) is 71.1 Å². The van der Waals surface area contributed by atoms with Gasteiger partial charge in [-0.15, -0.1) is 0 Å². The zero-order valence-corrected chi connectivity index (χ0v) is 43.2. The molecule has 74 heavy (non-hydrogen) atoms. The van der Waals surface area contributed by atoms with Crippen molar-refractivity contribution in [3.8, 4) is 16.9 Å². The molecule has 21 heteroatoms. The first-order chi connectivity index (χ1) is 35.0. The lowest BCUT2D eigenvalue weighted by Crippen LogP contribution is -2.41. The van der Waals surface area contributed by atoms with Crippen LogP contribution in [0.2, 0.25) is 0 Å². The summed E-state index contributed by atoms with van der Waals surface area (Å²) in [4.78, 5) is 69.7. The van der Waals surface area contributed by atoms with Crippen LogP contribution in [0.25, 0.3) is 11.1 Å². The predicted molar refractivity (Wildman–Crippen MR) is 279 cm³/mol. The molecule has 2 aliphatic rings. The van der Waals surface area contributed by atoms with Gasteiger partial charge in [0, 0.05) is 52.2 Å². The molecule has 3 aromatic carbocycles. The summed E-state index contributed by atoms with van der Waals surface area (Å²) in [7, 11) is 0.677. The lowest BCUT2D eigenvalue weighted by Gasteiger charge is -2.35. The number of carboxylic acid groups (broad SMARTS) is 1. The monoisotopic (exact) mass is 1030 g/mol. The van der Waals surface area contributed by atoms with E-state index in [0.29, 0.717) is 34.7 Å². The van der Waals surface area contributed by atoms with E-state index >= 15 is 0 Å². The fourth-order valence-electron chi connectivity index (χ4n) is 9.68. The number of benzene rings is 3. The van der Waals surface area contributed by atoms with E-state index in [0.717, 1.165) is 39.8 Å². The van der Waals surface area contributed by atoms with Crippen LogP contribution in [0.15, 0.2) is 95.2 Å². The van der Waals surface area contributed by atoms with Gasteiger partial charge in [0.05, 0.1) is 22.0 Å². The van der Waals surface area contributed by atoms with Crippen molar-refractivity contribution in [1.82, 2.24) is 23.7 Å². The number of fused-ring (bicyclic) bond motifs is 4. The first-order valence-corrected chi connectivity index (χ1v) is 25.4. The van der Waals surface area contributed by atoms with Crippen molar-refractivity contribution in [3.63, 3.8) is 0 Å². The number of carbonyl (C=O) groups excluding carboxylic acids is 4. The summed E-state index contributed by atoms with van der Waals surface area (Å²) >= 11 is 0. The Morgan fingerprint density at radius 2 is 1.30 bits per heavy atom. The van der Waals surface area contributed by atoms with Crippen LogP contribution >= 0.6 is 0 Å². The van der Waals surface area contributed by atoms with Gasteiger partial charge in [-0.3, -0.25) is 24.7 Å². The second-order valence-corrected chi connectivity index (χ2v) is 20.9. The molecule has 1 aliphatic heterocycles. The van der Waals surface area contributed by atoms with Crippen molar-refractivity contribution in [1.29, 1.82) is 0 Å². The molecule has 3 aromatic heterocycles. The van der Waals surface area contributed by atoms with E-state index in [4.69, 9.17) is 15.2 Å². The molecule has 20 nitrogen and oxygen atoms in total. The van der Waals surface area contributed by atoms with Crippen molar-refractivity contribution in [2.24, 2.45) is 31.9 Å². The number of guanidine groups is 1. The third-order valence-corrected chi connectivity index (χ3v) is 15.2. The van der Waals surface area contributed by atoms with E-state index in [9.17, 15) is 37.5 Å². The second kappa shape index (κ2) is 20.7. The molecule has 0 unspecified atom stereocenters. The van der Waals surface area contributed by atoms with Crippen LogP contribution in [-0.4, -0.2) is 87.8 Å². The number of aliphatic imine (C=N–C) groups is 1. The number of aromatic nitrogens is 3. The third-order valence-electron chi connectivity index (χ3n) is 13.5. The summed E-state index contributed by atoms with van der Waals surface area (Å²) in [5, 5.41) is 20.7. The number of nitrogens with zero attached hydrogens (tertiary/aromatic N) is 4. The summed E-state index contributed by atoms with van der Waals surface area (Å²) in [6.45, 7) is 9.36. The summed E-state index contributed by atoms with van der Waals surface area (Å²) in [6.07, 6.45) is 5.38. The number of nitrogens with one attached hydrogen (secondary N) is 5. The number of aryl methyl sites for hydroxylation is 3. The number of aliphatic carboxylic acids is 1. The Morgan fingerprint density at radius 3 is 1.84 bits per heavy atom. The Kier molecular flexibility index (Phi) is 14.5. The molecule has 8 N–H and O–H groups in total. The minimum atomic E-state index is -4.15. The molecule has 388 valence electrons. The second-order valence-electron chi connectivity index (χ2n) is 19.3. The van der Waals surface area contributed by atoms with Gasteiger partial charge in [-0.2, -0.15) is 0 Å². The molecular weight excluding hydrogens is 969 g/mol. The number of nitrogens with two attached hydrogens (primary N) is 1. The smallest absolute Gasteiger partial charge is 0.411 e. The van der Waals surface area contributed by atoms with Crippen molar-refractivity contribution in [3.05, 3.63) is 136 Å². The largest absolute Gasteiger partial charge is 0.487 e. The maximum Gasteiger partial charge on any atom is 0.411 e. The quantitative estimate of drug-likeness (QED) is 0.0299. The molecule has 0 spiro atoms. The predicted octanol–water partition coefficient (Wildman–Crippen LogP) is 6.85. The van der Waals surface area contributed by atoms with E-state index in [2.05, 4.69) is 43.1 Å². The fraction of sp³-hybridized carbons (Fsp3) is 0.321. The van der Waals surface area contributed by atoms with Gasteiger partial charge in [0.25, 0.3) is 27.7 Å². The van der Waals surface area contributed by atoms with Crippen LogP contribution in [0.5, 0.6) is 5.75 Å². The summed E-state index contributed by atoms with van der Waals surface area (Å²) in [6, 6.07) is 19.1. The number of carbonyl (C=O) groups is 5. The maximum atomic E-state index is 13.6. The summed E-state index contributed by atoms with van der Waals surface area (Å²) < 4.78 is 45.9. The van der Waals surface area contributed by atoms with Gasteiger partial charge in [-0.25, -0.2) is 22.7 Å². The first kappa shape index (κ1) is 52.0. The number of ether oxygens (including phenoxy) is 2. The van der Waals surface area contributed by atoms with Crippen molar-refractivity contribution in [2.45, 2.75) is 82.8 Å². The topological polar surface area (TPSA) is 272 Å². The van der Waals surface area contributed by atoms with E-state index in [1.54, 1.807) is 52.0 Å². The Balaban J connectivity index is 0.817. The fourth-order valence-corrected chi connectivity index (χ4v) is 11.2. The molecule has 0 saturated carbocycles. The third kappa shape index (κ3) is 10.9. The number of sulfonamides is 1. The number of carboxylic acids is 1. The van der Waals surface area contributed by atoms with Crippen molar-refractivity contribution in [2.75, 3.05) is 29.1 Å². The number of anilines is 3. The molecule has 1 atom stereocenters. The van der Waals surface area contributed by atoms with Gasteiger partial charge < -0.3 is 50.0 Å². The SMILES string of the molecule is Cc1c(C)c(S(=O)(=O)NC(N)=NCCC[C@H](NC(=O)c2cc(NC(=O)c3cc(NC(=O)c4cc(NC(=O)OCC5c6ccccc6-c6ccccc65)cn4C)cn3C)cn2C)C(=O)O)c(C)c2c1OC(C)(C)CC2. The molecule has 4 amide bonds. The molecule has 1 aliphatic carbocycles. The average molecular weight is 1030 g/mol. The lowest BCUT2D eigenvalue weighted by molar-refractivity contribution is -0.139. The molecule has 8 rings (SSSR count). The standard InChI is InChI=1S/C53H60N10O10S/c1-29-30(2)46(31(3)35-19-20-53(4,5)73-45(29)35)74(70,71)60-51(54)55-21-13-18-41(50(67)68)59-49(66)44-23-33(26-62(44)7)57-47(64)42-22-32(25-61(42)6)56-48(65)43-24-34(27-63(43)8)58-52(69)72-28-40-38-16-11-9-14-36(38)37-15-10-12-17-39(37)40/h9-12,14-17,22-27,40-41H,13,18-21,28H2,1-8H3,(H,56,65)(H,57,64)(H,58,69)(H,59,66)(H,67,68)(H3,54,55,60)/t41-/m0/s1. The summed E-state index contributed by atoms with van der Waals surface area (Å²) in [5.74, 6) is -2.88. The number of rotatable bonds is 16. The van der Waals surface area contributed by atoms with E-state index < -0.39 is 45.8 Å². The molecule has 0 saturated heterocycles. The highest BCUT2D eigenvalue weighted by Crippen LogP contribution is 2.45. The van der Waals surface area contributed by atoms with Gasteiger partial charge in [-0.05, 0) is 123 Å². The Bertz CT molecular complexity index is 3340. The molecule has 6 aromatic rings. The Labute approximate surface area is 428 Å². The molecule has 4 heterocycles. The molecule has 0 bridgehead atoms. The van der Waals surface area contributed by atoms with Crippen LogP contribution < -0.4 is 36.5 Å². The van der Waals surface area contributed by atoms with Crippen LogP contribution in [0, 0.1) is 20.8 Å².